The Balaban J connectivity index is 1.22. The van der Waals surface area contributed by atoms with E-state index in [1.54, 1.807) is 12.4 Å². The second-order valence-corrected chi connectivity index (χ2v) is 10.0. The fraction of sp³-hybridized carbons (Fsp3) is 0.259. The van der Waals surface area contributed by atoms with Crippen LogP contribution in [0.1, 0.15) is 21.5 Å². The maximum absolute atomic E-state index is 12.9. The van der Waals surface area contributed by atoms with Crippen LogP contribution >= 0.6 is 11.3 Å². The minimum Gasteiger partial charge on any atom is -0.330 e. The van der Waals surface area contributed by atoms with Crippen molar-refractivity contribution < 1.29 is 4.79 Å². The average molecular weight is 500 g/mol. The molecule has 184 valence electrons. The van der Waals surface area contributed by atoms with Crippen LogP contribution in [0, 0.1) is 6.92 Å². The predicted molar refractivity (Wildman–Crippen MR) is 145 cm³/mol. The fourth-order valence-electron chi connectivity index (χ4n) is 4.06. The van der Waals surface area contributed by atoms with Crippen LogP contribution in [-0.2, 0) is 6.54 Å². The molecule has 5 rings (SSSR count). The van der Waals surface area contributed by atoms with Crippen LogP contribution in [-0.4, -0.2) is 64.1 Å². The number of carbonyl (C=O) groups is 1. The van der Waals surface area contributed by atoms with Crippen molar-refractivity contribution in [1.82, 2.24) is 25.0 Å². The molecule has 8 nitrogen and oxygen atoms in total. The Morgan fingerprint density at radius 2 is 1.83 bits per heavy atom. The van der Waals surface area contributed by atoms with E-state index in [1.807, 2.05) is 61.5 Å². The van der Waals surface area contributed by atoms with Crippen molar-refractivity contribution in [2.75, 3.05) is 43.9 Å². The summed E-state index contributed by atoms with van der Waals surface area (Å²) in [5, 5.41) is 16.3. The number of rotatable bonds is 7. The lowest BCUT2D eigenvalue weighted by Crippen LogP contribution is -2.43. The largest absolute Gasteiger partial charge is 0.330 e. The first-order valence-corrected chi connectivity index (χ1v) is 12.8. The summed E-state index contributed by atoms with van der Waals surface area (Å²) in [6, 6.07) is 17.5. The molecule has 1 saturated heterocycles. The number of hydrogen-bond donors (Lipinski definition) is 2. The molecule has 0 spiro atoms. The van der Waals surface area contributed by atoms with Gasteiger partial charge in [-0.3, -0.25) is 14.7 Å². The summed E-state index contributed by atoms with van der Waals surface area (Å²) in [4.78, 5) is 21.8. The van der Waals surface area contributed by atoms with E-state index in [4.69, 9.17) is 0 Å². The summed E-state index contributed by atoms with van der Waals surface area (Å²) < 4.78 is 0. The molecule has 2 aromatic heterocycles. The molecule has 0 saturated carbocycles. The molecule has 1 aliphatic rings. The molecule has 9 heteroatoms. The van der Waals surface area contributed by atoms with E-state index in [-0.39, 0.29) is 5.91 Å². The summed E-state index contributed by atoms with van der Waals surface area (Å²) in [6.07, 6.45) is 3.50. The van der Waals surface area contributed by atoms with Crippen molar-refractivity contribution in [3.8, 4) is 10.6 Å². The molecule has 1 aliphatic heterocycles. The molecule has 1 fully saturated rings. The number of nitrogens with zero attached hydrogens (tertiary/aromatic N) is 5. The van der Waals surface area contributed by atoms with Crippen molar-refractivity contribution in [2.24, 2.45) is 0 Å². The summed E-state index contributed by atoms with van der Waals surface area (Å²) in [7, 11) is 2.16. The molecule has 0 bridgehead atoms. The van der Waals surface area contributed by atoms with Crippen molar-refractivity contribution in [2.45, 2.75) is 13.5 Å². The van der Waals surface area contributed by atoms with Crippen LogP contribution in [0.3, 0.4) is 0 Å². The van der Waals surface area contributed by atoms with E-state index in [0.29, 0.717) is 16.4 Å². The molecule has 0 unspecified atom stereocenters. The number of aryl methyl sites for hydroxylation is 1. The third-order valence-electron chi connectivity index (χ3n) is 6.29. The molecule has 36 heavy (non-hydrogen) atoms. The highest BCUT2D eigenvalue weighted by atomic mass is 32.1. The first kappa shape index (κ1) is 24.1. The van der Waals surface area contributed by atoms with E-state index < -0.39 is 0 Å². The number of likely N-dealkylation sites (N-methyl/N-ethyl adjacent to an activating group) is 1. The zero-order valence-corrected chi connectivity index (χ0v) is 21.3. The number of pyridine rings is 1. The number of aromatic nitrogens is 3. The quantitative estimate of drug-likeness (QED) is 0.383. The number of piperazine rings is 1. The van der Waals surface area contributed by atoms with Gasteiger partial charge in [-0.15, -0.1) is 10.2 Å². The lowest BCUT2D eigenvalue weighted by atomic mass is 10.1. The van der Waals surface area contributed by atoms with Crippen LogP contribution in [0.15, 0.2) is 67.0 Å². The first-order chi connectivity index (χ1) is 17.5. The third-order valence-corrected chi connectivity index (χ3v) is 7.18. The Morgan fingerprint density at radius 1 is 1.03 bits per heavy atom. The third kappa shape index (κ3) is 5.93. The Bertz CT molecular complexity index is 1320. The second-order valence-electron chi connectivity index (χ2n) is 9.04. The number of nitrogens with one attached hydrogen (secondary N) is 2. The topological polar surface area (TPSA) is 86.3 Å². The Hall–Kier alpha value is -3.66. The average Bonchev–Trinajstić information content (AvgIpc) is 3.37. The first-order valence-electron chi connectivity index (χ1n) is 12.0. The highest BCUT2D eigenvalue weighted by Crippen LogP contribution is 2.30. The maximum Gasteiger partial charge on any atom is 0.255 e. The molecular formula is C27H29N7OS. The van der Waals surface area contributed by atoms with Crippen LogP contribution in [0.4, 0.5) is 16.5 Å². The van der Waals surface area contributed by atoms with Crippen LogP contribution in [0.5, 0.6) is 0 Å². The second kappa shape index (κ2) is 10.9. The van der Waals surface area contributed by atoms with Crippen molar-refractivity contribution in [3.05, 3.63) is 83.7 Å². The van der Waals surface area contributed by atoms with Gasteiger partial charge in [-0.2, -0.15) is 0 Å². The molecular weight excluding hydrogens is 470 g/mol. The van der Waals surface area contributed by atoms with Crippen LogP contribution < -0.4 is 10.6 Å². The highest BCUT2D eigenvalue weighted by Gasteiger charge is 2.15. The van der Waals surface area contributed by atoms with Gasteiger partial charge in [-0.1, -0.05) is 29.5 Å². The highest BCUT2D eigenvalue weighted by molar-refractivity contribution is 7.18. The standard InChI is InChI=1S/C27H29N7OS/c1-19-5-10-23(16-24(19)30-27-32-31-26(36-27)22-4-3-11-28-17-22)29-25(35)21-8-6-20(7-9-21)18-34-14-12-33(2)13-15-34/h3-11,16-17H,12-15,18H2,1-2H3,(H,29,35)(H,30,32). The summed E-state index contributed by atoms with van der Waals surface area (Å²) in [5.74, 6) is -0.134. The monoisotopic (exact) mass is 499 g/mol. The molecule has 0 radical (unpaired) electrons. The van der Waals surface area contributed by atoms with Crippen molar-refractivity contribution >= 4 is 33.8 Å². The van der Waals surface area contributed by atoms with Gasteiger partial charge in [0.25, 0.3) is 5.91 Å². The molecule has 3 heterocycles. The zero-order valence-electron chi connectivity index (χ0n) is 20.4. The number of amides is 1. The summed E-state index contributed by atoms with van der Waals surface area (Å²) >= 11 is 1.45. The van der Waals surface area contributed by atoms with Gasteiger partial charge in [0.1, 0.15) is 0 Å². The molecule has 2 N–H and O–H groups in total. The van der Waals surface area contributed by atoms with Crippen LogP contribution in [0.2, 0.25) is 0 Å². The van der Waals surface area contributed by atoms with Gasteiger partial charge in [0.15, 0.2) is 5.01 Å². The lowest BCUT2D eigenvalue weighted by molar-refractivity contribution is 0.102. The smallest absolute Gasteiger partial charge is 0.255 e. The molecule has 4 aromatic rings. The molecule has 2 aromatic carbocycles. The van der Waals surface area contributed by atoms with Crippen molar-refractivity contribution in [3.63, 3.8) is 0 Å². The van der Waals surface area contributed by atoms with Gasteiger partial charge in [0.2, 0.25) is 5.13 Å². The minimum atomic E-state index is -0.134. The van der Waals surface area contributed by atoms with Gasteiger partial charge in [0.05, 0.1) is 0 Å². The predicted octanol–water partition coefficient (Wildman–Crippen LogP) is 4.65. The maximum atomic E-state index is 12.9. The summed E-state index contributed by atoms with van der Waals surface area (Å²) in [6.45, 7) is 7.26. The van der Waals surface area contributed by atoms with Crippen LogP contribution in [0.25, 0.3) is 10.6 Å². The van der Waals surface area contributed by atoms with E-state index in [2.05, 4.69) is 42.7 Å². The SMILES string of the molecule is Cc1ccc(NC(=O)c2ccc(CN3CCN(C)CC3)cc2)cc1Nc1nnc(-c2cccnc2)s1. The Labute approximate surface area is 215 Å². The molecule has 1 amide bonds. The van der Waals surface area contributed by atoms with Gasteiger partial charge in [-0.05, 0) is 61.5 Å². The number of hydrogen-bond acceptors (Lipinski definition) is 8. The van der Waals surface area contributed by atoms with Crippen molar-refractivity contribution in [1.29, 1.82) is 0 Å². The van der Waals surface area contributed by atoms with E-state index in [9.17, 15) is 4.79 Å². The number of anilines is 3. The fourth-order valence-corrected chi connectivity index (χ4v) is 4.80. The normalized spacial score (nSPS) is 14.5. The van der Waals surface area contributed by atoms with Gasteiger partial charge >= 0.3 is 0 Å². The lowest BCUT2D eigenvalue weighted by Gasteiger charge is -2.32. The van der Waals surface area contributed by atoms with E-state index in [1.165, 1.54) is 16.9 Å². The minimum absolute atomic E-state index is 0.134. The molecule has 0 aliphatic carbocycles. The van der Waals surface area contributed by atoms with E-state index in [0.717, 1.165) is 54.5 Å². The zero-order chi connectivity index (χ0) is 24.9. The molecule has 0 atom stereocenters. The Morgan fingerprint density at radius 3 is 2.58 bits per heavy atom. The Kier molecular flexibility index (Phi) is 7.31. The number of benzene rings is 2. The number of carbonyl (C=O) groups excluding carboxylic acids is 1. The van der Waals surface area contributed by atoms with E-state index >= 15 is 0 Å². The van der Waals surface area contributed by atoms with Gasteiger partial charge < -0.3 is 15.5 Å². The van der Waals surface area contributed by atoms with Gasteiger partial charge in [0, 0.05) is 67.6 Å². The summed E-state index contributed by atoms with van der Waals surface area (Å²) in [5.41, 5.74) is 5.41. The van der Waals surface area contributed by atoms with Gasteiger partial charge in [-0.25, -0.2) is 0 Å².